The molecule has 2 aromatic rings. The van der Waals surface area contributed by atoms with Crippen molar-refractivity contribution in [2.45, 2.75) is 38.6 Å². The lowest BCUT2D eigenvalue weighted by molar-refractivity contribution is 0.0950. The molecule has 0 aromatic carbocycles. The van der Waals surface area contributed by atoms with Crippen LogP contribution in [0.2, 0.25) is 0 Å². The molecule has 0 saturated carbocycles. The van der Waals surface area contributed by atoms with E-state index >= 15 is 0 Å². The number of nitrogens with one attached hydrogen (secondary N) is 2. The summed E-state index contributed by atoms with van der Waals surface area (Å²) < 4.78 is 1.83. The summed E-state index contributed by atoms with van der Waals surface area (Å²) in [6.45, 7) is 5.11. The minimum atomic E-state index is -0.269. The molecule has 2 atom stereocenters. The zero-order valence-corrected chi connectivity index (χ0v) is 18.2. The zero-order valence-electron chi connectivity index (χ0n) is 15.8. The number of aromatic nitrogens is 2. The second-order valence-electron chi connectivity index (χ2n) is 7.29. The second-order valence-corrected chi connectivity index (χ2v) is 8.23. The highest BCUT2D eigenvalue weighted by atomic mass is 35.5. The lowest BCUT2D eigenvalue weighted by Crippen LogP contribution is -2.46. The molecule has 0 radical (unpaired) electrons. The van der Waals surface area contributed by atoms with Crippen molar-refractivity contribution in [3.05, 3.63) is 49.8 Å². The lowest BCUT2D eigenvalue weighted by Gasteiger charge is -2.37. The van der Waals surface area contributed by atoms with Crippen LogP contribution in [0.4, 0.5) is 0 Å². The zero-order chi connectivity index (χ0) is 18.1. The van der Waals surface area contributed by atoms with Crippen molar-refractivity contribution in [3.63, 3.8) is 0 Å². The van der Waals surface area contributed by atoms with Gasteiger partial charge in [-0.25, -0.2) is 4.98 Å². The van der Waals surface area contributed by atoms with E-state index in [0.717, 1.165) is 48.7 Å². The average molecular weight is 445 g/mol. The Morgan fingerprint density at radius 1 is 1.36 bits per heavy atom. The summed E-state index contributed by atoms with van der Waals surface area (Å²) in [5.41, 5.74) is 2.21. The number of hydrogen-bond acceptors (Lipinski definition) is 5. The first-order valence-corrected chi connectivity index (χ1v) is 10.1. The van der Waals surface area contributed by atoms with E-state index in [1.54, 1.807) is 17.4 Å². The molecule has 9 heteroatoms. The third-order valence-corrected chi connectivity index (χ3v) is 6.30. The van der Waals surface area contributed by atoms with Crippen LogP contribution in [0.5, 0.6) is 0 Å². The number of carbonyl (C=O) groups is 1. The normalized spacial score (nSPS) is 19.8. The number of thiazole rings is 1. The third kappa shape index (κ3) is 4.76. The fourth-order valence-corrected chi connectivity index (χ4v) is 4.84. The van der Waals surface area contributed by atoms with Crippen molar-refractivity contribution in [1.82, 2.24) is 20.2 Å². The average Bonchev–Trinajstić information content (AvgIpc) is 3.05. The Labute approximate surface area is 181 Å². The number of nitrogens with zero attached hydrogens (tertiary/aromatic N) is 2. The van der Waals surface area contributed by atoms with E-state index in [-0.39, 0.29) is 41.8 Å². The molecule has 2 N–H and O–H groups in total. The molecule has 4 heterocycles. The number of pyridine rings is 1. The standard InChI is InChI=1S/C19H24N4O2S.2ClH/c1-12-11-26-17(22-12)3-2-6-21-18(24)15-4-5-16-14-7-13(8-20-9-14)10-23(16)19(15)25;;/h4-5,11,13-14,20H,2-3,6-10H2,1H3,(H,21,24);2*1H/t13-,14+;;/m0../s1. The maximum Gasteiger partial charge on any atom is 0.263 e. The van der Waals surface area contributed by atoms with E-state index in [2.05, 4.69) is 15.6 Å². The van der Waals surface area contributed by atoms with E-state index in [0.29, 0.717) is 24.9 Å². The summed E-state index contributed by atoms with van der Waals surface area (Å²) >= 11 is 1.65. The van der Waals surface area contributed by atoms with Gasteiger partial charge in [-0.3, -0.25) is 9.59 Å². The minimum absolute atomic E-state index is 0. The van der Waals surface area contributed by atoms with Crippen molar-refractivity contribution in [2.75, 3.05) is 19.6 Å². The lowest BCUT2D eigenvalue weighted by atomic mass is 9.84. The van der Waals surface area contributed by atoms with Crippen LogP contribution in [0, 0.1) is 12.8 Å². The van der Waals surface area contributed by atoms with Gasteiger partial charge in [-0.1, -0.05) is 0 Å². The molecule has 154 valence electrons. The van der Waals surface area contributed by atoms with Crippen molar-refractivity contribution >= 4 is 42.1 Å². The van der Waals surface area contributed by atoms with E-state index in [9.17, 15) is 9.59 Å². The summed E-state index contributed by atoms with van der Waals surface area (Å²) in [4.78, 5) is 29.7. The highest BCUT2D eigenvalue weighted by Gasteiger charge is 2.31. The molecule has 2 bridgehead atoms. The molecule has 2 aromatic heterocycles. The molecule has 6 nitrogen and oxygen atoms in total. The Balaban J connectivity index is 0.00000140. The van der Waals surface area contributed by atoms with Crippen molar-refractivity contribution in [3.8, 4) is 0 Å². The monoisotopic (exact) mass is 444 g/mol. The van der Waals surface area contributed by atoms with E-state index < -0.39 is 0 Å². The molecule has 1 saturated heterocycles. The SMILES string of the molecule is Cc1csc(CCCNC(=O)c2ccc3n(c2=O)C[C@@H]2CNC[C@H]3C2)n1.Cl.Cl. The number of piperidine rings is 1. The molecule has 0 aliphatic carbocycles. The van der Waals surface area contributed by atoms with Crippen molar-refractivity contribution in [1.29, 1.82) is 0 Å². The summed E-state index contributed by atoms with van der Waals surface area (Å²) in [5.74, 6) is 0.600. The molecule has 0 spiro atoms. The molecule has 1 fully saturated rings. The predicted octanol–water partition coefficient (Wildman–Crippen LogP) is 2.53. The number of halogens is 2. The van der Waals surface area contributed by atoms with Crippen LogP contribution in [0.15, 0.2) is 22.3 Å². The largest absolute Gasteiger partial charge is 0.352 e. The van der Waals surface area contributed by atoms with Crippen LogP contribution in [0.1, 0.15) is 45.5 Å². The topological polar surface area (TPSA) is 76.0 Å². The van der Waals surface area contributed by atoms with Gasteiger partial charge in [-0.05, 0) is 44.4 Å². The molecule has 1 amide bonds. The maximum absolute atomic E-state index is 12.8. The first-order chi connectivity index (χ1) is 12.6. The summed E-state index contributed by atoms with van der Waals surface area (Å²) in [6.07, 6.45) is 2.80. The summed E-state index contributed by atoms with van der Waals surface area (Å²) in [7, 11) is 0. The quantitative estimate of drug-likeness (QED) is 0.694. The van der Waals surface area contributed by atoms with Crippen LogP contribution >= 0.6 is 36.2 Å². The third-order valence-electron chi connectivity index (χ3n) is 5.27. The Hall–Kier alpha value is -1.41. The number of aryl methyl sites for hydroxylation is 2. The van der Waals surface area contributed by atoms with Crippen LogP contribution in [-0.2, 0) is 13.0 Å². The van der Waals surface area contributed by atoms with Gasteiger partial charge in [0.2, 0.25) is 0 Å². The van der Waals surface area contributed by atoms with Gasteiger partial charge in [-0.15, -0.1) is 36.2 Å². The Morgan fingerprint density at radius 3 is 2.93 bits per heavy atom. The Kier molecular flexibility index (Phi) is 8.07. The van der Waals surface area contributed by atoms with Crippen LogP contribution in [0.3, 0.4) is 0 Å². The first-order valence-electron chi connectivity index (χ1n) is 9.25. The van der Waals surface area contributed by atoms with Crippen LogP contribution < -0.4 is 16.2 Å². The van der Waals surface area contributed by atoms with Gasteiger partial charge < -0.3 is 15.2 Å². The van der Waals surface area contributed by atoms with E-state index in [1.807, 2.05) is 22.9 Å². The fraction of sp³-hybridized carbons (Fsp3) is 0.526. The van der Waals surface area contributed by atoms with Crippen LogP contribution in [-0.4, -0.2) is 35.1 Å². The highest BCUT2D eigenvalue weighted by molar-refractivity contribution is 7.09. The molecule has 4 rings (SSSR count). The van der Waals surface area contributed by atoms with Gasteiger partial charge in [0.05, 0.1) is 5.01 Å². The summed E-state index contributed by atoms with van der Waals surface area (Å²) in [5, 5.41) is 9.44. The van der Waals surface area contributed by atoms with Gasteiger partial charge >= 0.3 is 0 Å². The first kappa shape index (κ1) is 22.9. The highest BCUT2D eigenvalue weighted by Crippen LogP contribution is 2.31. The molecule has 2 aliphatic rings. The van der Waals surface area contributed by atoms with Gasteiger partial charge in [0, 0.05) is 48.7 Å². The Morgan fingerprint density at radius 2 is 2.18 bits per heavy atom. The van der Waals surface area contributed by atoms with Crippen LogP contribution in [0.25, 0.3) is 0 Å². The molecule has 2 aliphatic heterocycles. The fourth-order valence-electron chi connectivity index (χ4n) is 4.02. The maximum atomic E-state index is 12.8. The van der Waals surface area contributed by atoms with Gasteiger partial charge in [0.1, 0.15) is 5.56 Å². The molecule has 0 unspecified atom stereocenters. The minimum Gasteiger partial charge on any atom is -0.352 e. The number of carbonyl (C=O) groups excluding carboxylic acids is 1. The van der Waals surface area contributed by atoms with Gasteiger partial charge in [0.25, 0.3) is 11.5 Å². The second kappa shape index (κ2) is 9.87. The van der Waals surface area contributed by atoms with E-state index in [1.165, 1.54) is 0 Å². The summed E-state index contributed by atoms with van der Waals surface area (Å²) in [6, 6.07) is 3.66. The van der Waals surface area contributed by atoms with Gasteiger partial charge in [-0.2, -0.15) is 0 Å². The Bertz CT molecular complexity index is 883. The van der Waals surface area contributed by atoms with Crippen molar-refractivity contribution < 1.29 is 4.79 Å². The smallest absolute Gasteiger partial charge is 0.263 e. The number of amides is 1. The predicted molar refractivity (Wildman–Crippen MR) is 116 cm³/mol. The van der Waals surface area contributed by atoms with Gasteiger partial charge in [0.15, 0.2) is 0 Å². The number of hydrogen-bond donors (Lipinski definition) is 2. The number of rotatable bonds is 5. The van der Waals surface area contributed by atoms with E-state index in [4.69, 9.17) is 0 Å². The molecular weight excluding hydrogens is 419 g/mol. The number of fused-ring (bicyclic) bond motifs is 4. The molecule has 28 heavy (non-hydrogen) atoms. The molecular formula is C19H26Cl2N4O2S. The van der Waals surface area contributed by atoms with Crippen molar-refractivity contribution in [2.24, 2.45) is 5.92 Å².